The number of rotatable bonds is 5. The second-order valence-electron chi connectivity index (χ2n) is 8.86. The number of nitrogens with zero attached hydrogens (tertiary/aromatic N) is 8. The van der Waals surface area contributed by atoms with E-state index in [0.29, 0.717) is 29.0 Å². The molecular weight excluding hydrogens is 416 g/mol. The Balaban J connectivity index is 1.50. The largest absolute Gasteiger partial charge is 0.381 e. The third-order valence-electron chi connectivity index (χ3n) is 6.01. The van der Waals surface area contributed by atoms with E-state index >= 15 is 0 Å². The number of nitrogens with one attached hydrogen (secondary N) is 1. The normalized spacial score (nSPS) is 18.5. The summed E-state index contributed by atoms with van der Waals surface area (Å²) < 4.78 is 3.45. The SMILES string of the molecule is CC(C)Nc1cc(-n2ncc3cc(C#N)cnc32)ncc1-n1cc([C@H]2CC[C@@H](N)CC2)nn1. The Labute approximate surface area is 191 Å². The predicted octanol–water partition coefficient (Wildman–Crippen LogP) is 3.07. The van der Waals surface area contributed by atoms with Crippen molar-refractivity contribution < 1.29 is 0 Å². The van der Waals surface area contributed by atoms with Gasteiger partial charge in [-0.2, -0.15) is 15.0 Å². The van der Waals surface area contributed by atoms with E-state index in [1.54, 1.807) is 27.8 Å². The average Bonchev–Trinajstić information content (AvgIpc) is 3.46. The van der Waals surface area contributed by atoms with Gasteiger partial charge in [0.25, 0.3) is 0 Å². The maximum atomic E-state index is 9.12. The van der Waals surface area contributed by atoms with Crippen LogP contribution in [0.4, 0.5) is 5.69 Å². The Hall–Kier alpha value is -3.84. The summed E-state index contributed by atoms with van der Waals surface area (Å²) in [5.74, 6) is 1.02. The smallest absolute Gasteiger partial charge is 0.164 e. The quantitative estimate of drug-likeness (QED) is 0.481. The second-order valence-corrected chi connectivity index (χ2v) is 8.86. The number of hydrogen-bond donors (Lipinski definition) is 2. The number of aromatic nitrogens is 7. The molecule has 0 aliphatic heterocycles. The summed E-state index contributed by atoms with van der Waals surface area (Å²) in [4.78, 5) is 9.04. The van der Waals surface area contributed by atoms with E-state index in [1.807, 2.05) is 12.3 Å². The van der Waals surface area contributed by atoms with Crippen molar-refractivity contribution >= 4 is 16.7 Å². The molecule has 0 radical (unpaired) electrons. The van der Waals surface area contributed by atoms with E-state index in [2.05, 4.69) is 50.6 Å². The number of anilines is 1. The molecule has 1 saturated carbocycles. The lowest BCUT2D eigenvalue weighted by atomic mass is 9.85. The first-order valence-corrected chi connectivity index (χ1v) is 11.2. The minimum absolute atomic E-state index is 0.201. The third-order valence-corrected chi connectivity index (χ3v) is 6.01. The number of nitrogens with two attached hydrogens (primary N) is 1. The van der Waals surface area contributed by atoms with Crippen LogP contribution in [0.5, 0.6) is 0 Å². The van der Waals surface area contributed by atoms with E-state index in [-0.39, 0.29) is 6.04 Å². The van der Waals surface area contributed by atoms with Crippen LogP contribution in [0.15, 0.2) is 36.9 Å². The molecule has 0 spiro atoms. The van der Waals surface area contributed by atoms with Crippen LogP contribution in [0, 0.1) is 11.3 Å². The summed E-state index contributed by atoms with van der Waals surface area (Å²) in [5.41, 5.74) is 9.88. The van der Waals surface area contributed by atoms with Gasteiger partial charge in [-0.3, -0.25) is 0 Å². The highest BCUT2D eigenvalue weighted by Gasteiger charge is 2.23. The van der Waals surface area contributed by atoms with Crippen molar-refractivity contribution in [3.63, 3.8) is 0 Å². The molecule has 0 amide bonds. The molecule has 1 aliphatic carbocycles. The van der Waals surface area contributed by atoms with Gasteiger partial charge in [0.05, 0.1) is 35.5 Å². The second kappa shape index (κ2) is 8.60. The molecule has 1 fully saturated rings. The fourth-order valence-electron chi connectivity index (χ4n) is 4.31. The van der Waals surface area contributed by atoms with Gasteiger partial charge in [-0.1, -0.05) is 5.21 Å². The Morgan fingerprint density at radius 1 is 1.12 bits per heavy atom. The molecule has 0 saturated heterocycles. The van der Waals surface area contributed by atoms with Crippen molar-refractivity contribution in [2.75, 3.05) is 5.32 Å². The van der Waals surface area contributed by atoms with E-state index < -0.39 is 0 Å². The first kappa shape index (κ1) is 21.0. The van der Waals surface area contributed by atoms with Crippen LogP contribution in [0.3, 0.4) is 0 Å². The molecule has 10 heteroatoms. The molecule has 0 aromatic carbocycles. The lowest BCUT2D eigenvalue weighted by Gasteiger charge is -2.24. The first-order valence-electron chi connectivity index (χ1n) is 11.2. The van der Waals surface area contributed by atoms with Gasteiger partial charge in [-0.15, -0.1) is 5.10 Å². The van der Waals surface area contributed by atoms with E-state index in [0.717, 1.165) is 48.1 Å². The molecule has 10 nitrogen and oxygen atoms in total. The van der Waals surface area contributed by atoms with Gasteiger partial charge in [-0.25, -0.2) is 14.6 Å². The van der Waals surface area contributed by atoms with E-state index in [9.17, 15) is 0 Å². The maximum Gasteiger partial charge on any atom is 0.164 e. The van der Waals surface area contributed by atoms with Crippen LogP contribution < -0.4 is 11.1 Å². The number of fused-ring (bicyclic) bond motifs is 1. The van der Waals surface area contributed by atoms with Gasteiger partial charge in [0.1, 0.15) is 11.8 Å². The molecule has 5 rings (SSSR count). The molecule has 4 aromatic heterocycles. The van der Waals surface area contributed by atoms with Crippen LogP contribution in [-0.2, 0) is 0 Å². The fourth-order valence-corrected chi connectivity index (χ4v) is 4.31. The molecule has 4 heterocycles. The van der Waals surface area contributed by atoms with E-state index in [1.165, 1.54) is 6.20 Å². The van der Waals surface area contributed by atoms with Gasteiger partial charge < -0.3 is 11.1 Å². The Morgan fingerprint density at radius 2 is 1.94 bits per heavy atom. The van der Waals surface area contributed by atoms with Gasteiger partial charge >= 0.3 is 0 Å². The minimum Gasteiger partial charge on any atom is -0.381 e. The van der Waals surface area contributed by atoms with Gasteiger partial charge in [0, 0.05) is 35.7 Å². The lowest BCUT2D eigenvalue weighted by molar-refractivity contribution is 0.390. The van der Waals surface area contributed by atoms with Crippen molar-refractivity contribution in [2.45, 2.75) is 57.5 Å². The molecule has 168 valence electrons. The van der Waals surface area contributed by atoms with Crippen LogP contribution in [0.2, 0.25) is 0 Å². The Kier molecular flexibility index (Phi) is 5.48. The fraction of sp³-hybridized carbons (Fsp3) is 0.391. The van der Waals surface area contributed by atoms with Crippen molar-refractivity contribution in [1.29, 1.82) is 5.26 Å². The Morgan fingerprint density at radius 3 is 2.70 bits per heavy atom. The van der Waals surface area contributed by atoms with Gasteiger partial charge in [-0.05, 0) is 45.6 Å². The van der Waals surface area contributed by atoms with Crippen molar-refractivity contribution in [1.82, 2.24) is 34.7 Å². The molecule has 3 N–H and O–H groups in total. The van der Waals surface area contributed by atoms with E-state index in [4.69, 9.17) is 11.0 Å². The predicted molar refractivity (Wildman–Crippen MR) is 124 cm³/mol. The van der Waals surface area contributed by atoms with Crippen molar-refractivity contribution in [3.05, 3.63) is 48.2 Å². The zero-order chi connectivity index (χ0) is 22.9. The number of pyridine rings is 2. The summed E-state index contributed by atoms with van der Waals surface area (Å²) in [6.45, 7) is 4.16. The average molecular weight is 443 g/mol. The van der Waals surface area contributed by atoms with Gasteiger partial charge in [0.15, 0.2) is 11.5 Å². The zero-order valence-corrected chi connectivity index (χ0v) is 18.7. The molecule has 4 aromatic rings. The topological polar surface area (TPSA) is 136 Å². The van der Waals surface area contributed by atoms with Gasteiger partial charge in [0.2, 0.25) is 0 Å². The summed E-state index contributed by atoms with van der Waals surface area (Å²) >= 11 is 0. The van der Waals surface area contributed by atoms with Crippen LogP contribution >= 0.6 is 0 Å². The standard InChI is InChI=1S/C23H26N10/c1-14(2)29-19-8-22(33-23-17(11-28-33)7-15(9-24)10-27-23)26-12-21(19)32-13-20(30-31-32)16-3-5-18(25)6-4-16/h7-8,10-14,16,18H,3-6,25H2,1-2H3,(H,26,29)/t16-,18+. The molecular formula is C23H26N10. The molecule has 0 bridgehead atoms. The number of nitriles is 1. The highest BCUT2D eigenvalue weighted by Crippen LogP contribution is 2.32. The number of hydrogen-bond acceptors (Lipinski definition) is 8. The highest BCUT2D eigenvalue weighted by molar-refractivity contribution is 5.77. The summed E-state index contributed by atoms with van der Waals surface area (Å²) in [6, 6.07) is 6.31. The molecule has 1 aliphatic rings. The lowest BCUT2D eigenvalue weighted by Crippen LogP contribution is -2.25. The Bertz CT molecular complexity index is 1320. The summed E-state index contributed by atoms with van der Waals surface area (Å²) in [5, 5.41) is 26.7. The monoisotopic (exact) mass is 442 g/mol. The van der Waals surface area contributed by atoms with Crippen LogP contribution in [0.1, 0.15) is 56.7 Å². The van der Waals surface area contributed by atoms with Crippen LogP contribution in [-0.4, -0.2) is 46.8 Å². The third kappa shape index (κ3) is 4.15. The summed E-state index contributed by atoms with van der Waals surface area (Å²) in [7, 11) is 0. The van der Waals surface area contributed by atoms with Crippen LogP contribution in [0.25, 0.3) is 22.5 Å². The summed E-state index contributed by atoms with van der Waals surface area (Å²) in [6.07, 6.45) is 11.1. The van der Waals surface area contributed by atoms with Crippen molar-refractivity contribution in [2.24, 2.45) is 5.73 Å². The first-order chi connectivity index (χ1) is 16.0. The maximum absolute atomic E-state index is 9.12. The van der Waals surface area contributed by atoms with Crippen molar-refractivity contribution in [3.8, 4) is 17.6 Å². The molecule has 33 heavy (non-hydrogen) atoms. The zero-order valence-electron chi connectivity index (χ0n) is 18.7. The molecule has 0 unspecified atom stereocenters. The highest BCUT2D eigenvalue weighted by atomic mass is 15.4. The molecule has 0 atom stereocenters. The minimum atomic E-state index is 0.201.